The van der Waals surface area contributed by atoms with Crippen molar-refractivity contribution in [2.24, 2.45) is 0 Å². The number of hydrogen-bond acceptors (Lipinski definition) is 6. The fourth-order valence-electron chi connectivity index (χ4n) is 1.93. The Bertz CT molecular complexity index is 659. The lowest BCUT2D eigenvalue weighted by Crippen LogP contribution is -2.17. The quantitative estimate of drug-likeness (QED) is 0.463. The minimum Gasteiger partial charge on any atom is -0.484 e. The molecule has 0 aromatic heterocycles. The first-order valence-corrected chi connectivity index (χ1v) is 8.27. The Morgan fingerprint density at radius 1 is 1.52 bits per heavy atom. The van der Waals surface area contributed by atoms with Crippen LogP contribution in [-0.2, 0) is 13.8 Å². The minimum absolute atomic E-state index is 0.0211. The molecular formula is C11H11ClFNO6S. The van der Waals surface area contributed by atoms with E-state index in [1.165, 1.54) is 0 Å². The van der Waals surface area contributed by atoms with Gasteiger partial charge >= 0.3 is 5.69 Å². The maximum Gasteiger partial charge on any atom is 0.312 e. The van der Waals surface area contributed by atoms with Crippen molar-refractivity contribution >= 4 is 25.4 Å². The van der Waals surface area contributed by atoms with E-state index in [9.17, 15) is 22.9 Å². The molecular weight excluding hydrogens is 329 g/mol. The van der Waals surface area contributed by atoms with Crippen LogP contribution < -0.4 is 4.74 Å². The molecule has 2 rings (SSSR count). The summed E-state index contributed by atoms with van der Waals surface area (Å²) in [5, 5.41) is 10.9. The molecule has 1 aromatic rings. The van der Waals surface area contributed by atoms with Crippen molar-refractivity contribution in [2.75, 3.05) is 13.2 Å². The summed E-state index contributed by atoms with van der Waals surface area (Å²) in [5.41, 5.74) is -0.673. The van der Waals surface area contributed by atoms with E-state index in [0.29, 0.717) is 18.7 Å². The van der Waals surface area contributed by atoms with Gasteiger partial charge in [-0.05, 0) is 12.8 Å². The van der Waals surface area contributed by atoms with Crippen molar-refractivity contribution in [3.05, 3.63) is 28.1 Å². The molecule has 0 aliphatic carbocycles. The number of ether oxygens (including phenoxy) is 2. The Morgan fingerprint density at radius 2 is 2.24 bits per heavy atom. The fourth-order valence-corrected chi connectivity index (χ4v) is 2.83. The van der Waals surface area contributed by atoms with Gasteiger partial charge in [-0.15, -0.1) is 0 Å². The van der Waals surface area contributed by atoms with Crippen molar-refractivity contribution in [3.8, 4) is 5.75 Å². The normalized spacial score (nSPS) is 18.7. The Kier molecular flexibility index (Phi) is 4.64. The summed E-state index contributed by atoms with van der Waals surface area (Å²) in [6.07, 6.45) is 1.38. The molecule has 1 aliphatic rings. The van der Waals surface area contributed by atoms with E-state index in [1.54, 1.807) is 0 Å². The van der Waals surface area contributed by atoms with Crippen LogP contribution in [0.4, 0.5) is 10.1 Å². The van der Waals surface area contributed by atoms with Crippen LogP contribution in [0.1, 0.15) is 12.8 Å². The molecule has 1 aliphatic heterocycles. The zero-order chi connectivity index (χ0) is 15.6. The van der Waals surface area contributed by atoms with Crippen LogP contribution in [0.15, 0.2) is 17.0 Å². The van der Waals surface area contributed by atoms with Crippen molar-refractivity contribution in [1.29, 1.82) is 0 Å². The summed E-state index contributed by atoms with van der Waals surface area (Å²) in [7, 11) is 0.598. The zero-order valence-corrected chi connectivity index (χ0v) is 12.2. The number of benzene rings is 1. The maximum atomic E-state index is 13.7. The molecule has 21 heavy (non-hydrogen) atoms. The van der Waals surface area contributed by atoms with Crippen LogP contribution >= 0.6 is 10.7 Å². The van der Waals surface area contributed by atoms with Crippen molar-refractivity contribution in [1.82, 2.24) is 0 Å². The first-order chi connectivity index (χ1) is 9.79. The molecule has 1 aromatic carbocycles. The molecule has 0 spiro atoms. The van der Waals surface area contributed by atoms with Crippen LogP contribution in [0.25, 0.3) is 0 Å². The van der Waals surface area contributed by atoms with Gasteiger partial charge in [-0.3, -0.25) is 10.1 Å². The summed E-state index contributed by atoms with van der Waals surface area (Å²) < 4.78 is 46.5. The highest BCUT2D eigenvalue weighted by Crippen LogP contribution is 2.33. The molecule has 0 bridgehead atoms. The Hall–Kier alpha value is -1.45. The van der Waals surface area contributed by atoms with E-state index in [-0.39, 0.29) is 18.5 Å². The smallest absolute Gasteiger partial charge is 0.312 e. The van der Waals surface area contributed by atoms with Crippen LogP contribution in [0, 0.1) is 15.9 Å². The van der Waals surface area contributed by atoms with Gasteiger partial charge in [-0.1, -0.05) is 0 Å². The van der Waals surface area contributed by atoms with Crippen LogP contribution in [0.2, 0.25) is 0 Å². The Balaban J connectivity index is 2.31. The van der Waals surface area contributed by atoms with E-state index < -0.39 is 30.4 Å². The van der Waals surface area contributed by atoms with Gasteiger partial charge in [0.05, 0.1) is 11.0 Å². The summed E-state index contributed by atoms with van der Waals surface area (Å²) >= 11 is 0. The van der Waals surface area contributed by atoms with Gasteiger partial charge in [-0.2, -0.15) is 0 Å². The molecule has 1 heterocycles. The molecule has 0 radical (unpaired) electrons. The van der Waals surface area contributed by atoms with Gasteiger partial charge < -0.3 is 9.47 Å². The highest BCUT2D eigenvalue weighted by molar-refractivity contribution is 8.13. The van der Waals surface area contributed by atoms with Gasteiger partial charge in [0.1, 0.15) is 17.3 Å². The lowest BCUT2D eigenvalue weighted by Gasteiger charge is -2.12. The van der Waals surface area contributed by atoms with Gasteiger partial charge in [0, 0.05) is 29.4 Å². The Morgan fingerprint density at radius 3 is 2.76 bits per heavy atom. The van der Waals surface area contributed by atoms with Crippen molar-refractivity contribution in [3.63, 3.8) is 0 Å². The molecule has 116 valence electrons. The summed E-state index contributed by atoms with van der Waals surface area (Å²) in [4.78, 5) is 9.12. The van der Waals surface area contributed by atoms with Gasteiger partial charge in [0.25, 0.3) is 9.05 Å². The number of nitrogens with zero attached hydrogens (tertiary/aromatic N) is 1. The summed E-state index contributed by atoms with van der Waals surface area (Å²) in [5.74, 6) is -1.57. The molecule has 0 saturated carbocycles. The highest BCUT2D eigenvalue weighted by atomic mass is 35.7. The summed E-state index contributed by atoms with van der Waals surface area (Å²) in [6, 6.07) is 1.19. The van der Waals surface area contributed by atoms with Crippen molar-refractivity contribution < 1.29 is 27.2 Å². The molecule has 0 N–H and O–H groups in total. The molecule has 1 unspecified atom stereocenters. The van der Waals surface area contributed by atoms with Crippen LogP contribution in [0.3, 0.4) is 0 Å². The van der Waals surface area contributed by atoms with Crippen LogP contribution in [-0.4, -0.2) is 32.7 Å². The second-order valence-corrected chi connectivity index (χ2v) is 6.93. The SMILES string of the molecule is O=[N+]([O-])c1cc(S(=O)(=O)Cl)c(F)cc1OCC1CCCO1. The topological polar surface area (TPSA) is 95.7 Å². The first kappa shape index (κ1) is 15.9. The molecule has 7 nitrogen and oxygen atoms in total. The Labute approximate surface area is 124 Å². The molecule has 1 atom stereocenters. The molecule has 0 amide bonds. The number of halogens is 2. The standard InChI is InChI=1S/C11H11ClFNO6S/c12-21(17,18)11-5-9(14(15)16)10(4-8(11)13)20-6-7-2-1-3-19-7/h4-5,7H,1-3,6H2. The number of nitro groups is 1. The van der Waals surface area contributed by atoms with E-state index in [2.05, 4.69) is 0 Å². The number of rotatable bonds is 5. The predicted molar refractivity (Wildman–Crippen MR) is 70.6 cm³/mol. The lowest BCUT2D eigenvalue weighted by atomic mass is 10.2. The van der Waals surface area contributed by atoms with Gasteiger partial charge in [0.2, 0.25) is 0 Å². The maximum absolute atomic E-state index is 13.7. The van der Waals surface area contributed by atoms with Gasteiger partial charge in [-0.25, -0.2) is 12.8 Å². The van der Waals surface area contributed by atoms with Crippen molar-refractivity contribution in [2.45, 2.75) is 23.8 Å². The second kappa shape index (κ2) is 6.12. The lowest BCUT2D eigenvalue weighted by molar-refractivity contribution is -0.386. The predicted octanol–water partition coefficient (Wildman–Crippen LogP) is 2.22. The third-order valence-corrected chi connectivity index (χ3v) is 4.26. The molecule has 1 fully saturated rings. The number of nitro benzene ring substituents is 1. The second-order valence-electron chi connectivity index (χ2n) is 4.39. The minimum atomic E-state index is -4.42. The third-order valence-electron chi connectivity index (χ3n) is 2.92. The van der Waals surface area contributed by atoms with Gasteiger partial charge in [0.15, 0.2) is 5.75 Å². The fraction of sp³-hybridized carbons (Fsp3) is 0.455. The largest absolute Gasteiger partial charge is 0.484 e. The highest BCUT2D eigenvalue weighted by Gasteiger charge is 2.26. The molecule has 1 saturated heterocycles. The van der Waals surface area contributed by atoms with E-state index >= 15 is 0 Å². The zero-order valence-electron chi connectivity index (χ0n) is 10.6. The van der Waals surface area contributed by atoms with E-state index in [0.717, 1.165) is 12.8 Å². The molecule has 10 heteroatoms. The van der Waals surface area contributed by atoms with Crippen LogP contribution in [0.5, 0.6) is 5.75 Å². The summed E-state index contributed by atoms with van der Waals surface area (Å²) in [6.45, 7) is 0.598. The first-order valence-electron chi connectivity index (χ1n) is 5.96. The average Bonchev–Trinajstić information content (AvgIpc) is 2.87. The monoisotopic (exact) mass is 339 g/mol. The average molecular weight is 340 g/mol. The number of hydrogen-bond donors (Lipinski definition) is 0. The third kappa shape index (κ3) is 3.80. The van der Waals surface area contributed by atoms with E-state index in [1.807, 2.05) is 0 Å². The van der Waals surface area contributed by atoms with E-state index in [4.69, 9.17) is 20.2 Å².